The van der Waals surface area contributed by atoms with Crippen molar-refractivity contribution in [2.24, 2.45) is 5.92 Å². The van der Waals surface area contributed by atoms with Gasteiger partial charge in [-0.3, -0.25) is 4.52 Å². The van der Waals surface area contributed by atoms with Gasteiger partial charge in [-0.1, -0.05) is 44.7 Å². The summed E-state index contributed by atoms with van der Waals surface area (Å²) in [7, 11) is -3.61. The summed E-state index contributed by atoms with van der Waals surface area (Å²) in [5.74, 6) is 0.463. The van der Waals surface area contributed by atoms with Crippen molar-refractivity contribution >= 4 is 39.6 Å². The lowest BCUT2D eigenvalue weighted by molar-refractivity contribution is 0.178. The molecule has 0 bridgehead atoms. The van der Waals surface area contributed by atoms with E-state index < -0.39 is 7.75 Å². The fourth-order valence-electron chi connectivity index (χ4n) is 2.02. The maximum atomic E-state index is 12.1. The van der Waals surface area contributed by atoms with Gasteiger partial charge in [0.15, 0.2) is 0 Å². The first-order valence-electron chi connectivity index (χ1n) is 5.95. The first-order chi connectivity index (χ1) is 8.10. The minimum absolute atomic E-state index is 0.412. The molecule has 17 heavy (non-hydrogen) atoms. The molecule has 4 nitrogen and oxygen atoms in total. The number of nitrogens with zero attached hydrogens (tertiary/aromatic N) is 1. The van der Waals surface area contributed by atoms with E-state index in [1.165, 1.54) is 17.5 Å². The number of hydrogen-bond acceptors (Lipinski definition) is 2. The molecule has 0 aromatic heterocycles. The fourth-order valence-corrected chi connectivity index (χ4v) is 4.70. The number of alkyl halides is 2. The average Bonchev–Trinajstić information content (AvgIpc) is 2.79. The standard InChI is InChI=1S/C10H20Br2NO3P/c11-5-7-13(8-6-12)17(14,15)16-9-10-3-1-2-4-10/h10H,1-9H2,(H,14,15). The van der Waals surface area contributed by atoms with Crippen molar-refractivity contribution in [3.05, 3.63) is 0 Å². The second kappa shape index (κ2) is 8.28. The molecule has 1 unspecified atom stereocenters. The highest BCUT2D eigenvalue weighted by Gasteiger charge is 2.30. The Morgan fingerprint density at radius 1 is 1.24 bits per heavy atom. The van der Waals surface area contributed by atoms with E-state index in [0.29, 0.717) is 36.3 Å². The molecule has 102 valence electrons. The molecule has 1 aliphatic carbocycles. The number of hydrogen-bond donors (Lipinski definition) is 1. The summed E-state index contributed by atoms with van der Waals surface area (Å²) in [6.07, 6.45) is 4.68. The Morgan fingerprint density at radius 3 is 2.24 bits per heavy atom. The molecular weight excluding hydrogens is 373 g/mol. The molecule has 0 aromatic rings. The average molecular weight is 393 g/mol. The highest BCUT2D eigenvalue weighted by Crippen LogP contribution is 2.47. The molecule has 0 radical (unpaired) electrons. The van der Waals surface area contributed by atoms with Gasteiger partial charge in [0.2, 0.25) is 0 Å². The Balaban J connectivity index is 2.42. The van der Waals surface area contributed by atoms with Crippen LogP contribution >= 0.6 is 39.6 Å². The van der Waals surface area contributed by atoms with Crippen LogP contribution in [0.5, 0.6) is 0 Å². The summed E-state index contributed by atoms with van der Waals surface area (Å²) >= 11 is 6.57. The zero-order valence-electron chi connectivity index (χ0n) is 9.86. The van der Waals surface area contributed by atoms with Crippen molar-refractivity contribution in [3.8, 4) is 0 Å². The highest BCUT2D eigenvalue weighted by molar-refractivity contribution is 9.09. The van der Waals surface area contributed by atoms with E-state index in [0.717, 1.165) is 12.8 Å². The van der Waals surface area contributed by atoms with E-state index >= 15 is 0 Å². The molecule has 1 saturated carbocycles. The summed E-state index contributed by atoms with van der Waals surface area (Å²) in [5.41, 5.74) is 0. The van der Waals surface area contributed by atoms with Crippen LogP contribution in [0.25, 0.3) is 0 Å². The molecule has 7 heteroatoms. The van der Waals surface area contributed by atoms with Crippen LogP contribution in [0.15, 0.2) is 0 Å². The quantitative estimate of drug-likeness (QED) is 0.508. The molecule has 1 fully saturated rings. The minimum atomic E-state index is -3.61. The van der Waals surface area contributed by atoms with Gasteiger partial charge < -0.3 is 4.89 Å². The highest BCUT2D eigenvalue weighted by atomic mass is 79.9. The van der Waals surface area contributed by atoms with Crippen LogP contribution in [0.4, 0.5) is 0 Å². The fraction of sp³-hybridized carbons (Fsp3) is 1.00. The van der Waals surface area contributed by atoms with Crippen LogP contribution < -0.4 is 0 Å². The summed E-state index contributed by atoms with van der Waals surface area (Å²) in [4.78, 5) is 9.91. The van der Waals surface area contributed by atoms with Gasteiger partial charge in [0.1, 0.15) is 0 Å². The van der Waals surface area contributed by atoms with Gasteiger partial charge >= 0.3 is 7.75 Å². The van der Waals surface area contributed by atoms with Crippen LogP contribution in [0, 0.1) is 5.92 Å². The molecule has 0 saturated heterocycles. The molecule has 1 atom stereocenters. The van der Waals surface area contributed by atoms with Crippen molar-refractivity contribution in [1.82, 2.24) is 4.67 Å². The van der Waals surface area contributed by atoms with Crippen LogP contribution in [-0.4, -0.2) is 39.9 Å². The molecule has 0 amide bonds. The van der Waals surface area contributed by atoms with Crippen molar-refractivity contribution in [1.29, 1.82) is 0 Å². The van der Waals surface area contributed by atoms with E-state index in [2.05, 4.69) is 31.9 Å². The van der Waals surface area contributed by atoms with Crippen LogP contribution in [0.1, 0.15) is 25.7 Å². The third-order valence-corrected chi connectivity index (χ3v) is 5.31. The molecule has 0 aliphatic heterocycles. The summed E-state index contributed by atoms with van der Waals surface area (Å²) in [6.45, 7) is 1.45. The molecule has 0 spiro atoms. The van der Waals surface area contributed by atoms with E-state index in [9.17, 15) is 9.46 Å². The topological polar surface area (TPSA) is 49.8 Å². The van der Waals surface area contributed by atoms with Crippen molar-refractivity contribution in [2.75, 3.05) is 30.4 Å². The lowest BCUT2D eigenvalue weighted by Gasteiger charge is -2.26. The molecule has 0 aromatic carbocycles. The lowest BCUT2D eigenvalue weighted by atomic mass is 10.1. The van der Waals surface area contributed by atoms with E-state index in [1.54, 1.807) is 0 Å². The lowest BCUT2D eigenvalue weighted by Crippen LogP contribution is -2.26. The summed E-state index contributed by atoms with van der Waals surface area (Å²) in [5, 5.41) is 1.33. The van der Waals surface area contributed by atoms with Crippen LogP contribution in [0.2, 0.25) is 0 Å². The third-order valence-electron chi connectivity index (χ3n) is 3.00. The predicted octanol–water partition coefficient (Wildman–Crippen LogP) is 3.39. The third kappa shape index (κ3) is 5.70. The predicted molar refractivity (Wildman–Crippen MR) is 76.9 cm³/mol. The number of rotatable bonds is 8. The summed E-state index contributed by atoms with van der Waals surface area (Å²) < 4.78 is 18.8. The Bertz CT molecular complexity index is 256. The van der Waals surface area contributed by atoms with Gasteiger partial charge in [0, 0.05) is 23.7 Å². The van der Waals surface area contributed by atoms with Crippen LogP contribution in [0.3, 0.4) is 0 Å². The second-order valence-corrected chi connectivity index (χ2v) is 7.66. The largest absolute Gasteiger partial charge is 0.405 e. The van der Waals surface area contributed by atoms with Gasteiger partial charge in [-0.15, -0.1) is 0 Å². The molecule has 1 aliphatic rings. The molecule has 1 N–H and O–H groups in total. The Kier molecular flexibility index (Phi) is 7.86. The van der Waals surface area contributed by atoms with Crippen molar-refractivity contribution in [3.63, 3.8) is 0 Å². The smallest absolute Gasteiger partial charge is 0.312 e. The zero-order chi connectivity index (χ0) is 12.7. The van der Waals surface area contributed by atoms with Gasteiger partial charge in [-0.25, -0.2) is 9.24 Å². The normalized spacial score (nSPS) is 20.9. The van der Waals surface area contributed by atoms with Crippen molar-refractivity contribution in [2.45, 2.75) is 25.7 Å². The molecule has 1 rings (SSSR count). The van der Waals surface area contributed by atoms with E-state index in [4.69, 9.17) is 4.52 Å². The maximum absolute atomic E-state index is 12.1. The second-order valence-electron chi connectivity index (χ2n) is 4.27. The van der Waals surface area contributed by atoms with Gasteiger partial charge in [-0.05, 0) is 18.8 Å². The van der Waals surface area contributed by atoms with Gasteiger partial charge in [0.05, 0.1) is 6.61 Å². The first-order valence-corrected chi connectivity index (χ1v) is 9.72. The summed E-state index contributed by atoms with van der Waals surface area (Å²) in [6, 6.07) is 0. The van der Waals surface area contributed by atoms with Gasteiger partial charge in [0.25, 0.3) is 0 Å². The van der Waals surface area contributed by atoms with E-state index in [-0.39, 0.29) is 0 Å². The Morgan fingerprint density at radius 2 is 1.76 bits per heavy atom. The van der Waals surface area contributed by atoms with E-state index in [1.807, 2.05) is 0 Å². The first kappa shape index (κ1) is 16.1. The zero-order valence-corrected chi connectivity index (χ0v) is 13.9. The Hall–Kier alpha value is 1.07. The number of halogens is 2. The van der Waals surface area contributed by atoms with Crippen molar-refractivity contribution < 1.29 is 14.0 Å². The SMILES string of the molecule is O=P(O)(OCC1CCCC1)N(CCBr)CCBr. The molecule has 0 heterocycles. The van der Waals surface area contributed by atoms with Gasteiger partial charge in [-0.2, -0.15) is 0 Å². The van der Waals surface area contributed by atoms with Crippen LogP contribution in [-0.2, 0) is 9.09 Å². The monoisotopic (exact) mass is 391 g/mol. The molecular formula is C10H20Br2NO3P. The Labute approximate surface area is 120 Å². The maximum Gasteiger partial charge on any atom is 0.405 e. The minimum Gasteiger partial charge on any atom is -0.312 e.